The second-order valence-corrected chi connectivity index (χ2v) is 5.30. The first kappa shape index (κ1) is 15.6. The molecule has 0 spiro atoms. The highest BCUT2D eigenvalue weighted by molar-refractivity contribution is 7.99. The van der Waals surface area contributed by atoms with Crippen molar-refractivity contribution in [3.63, 3.8) is 0 Å². The molecule has 2 aromatic rings. The van der Waals surface area contributed by atoms with Crippen LogP contribution in [-0.4, -0.2) is 25.4 Å². The number of hydrogen-bond acceptors (Lipinski definition) is 4. The van der Waals surface area contributed by atoms with Crippen LogP contribution in [0.2, 0.25) is 0 Å². The molecule has 0 aromatic heterocycles. The first-order chi connectivity index (χ1) is 10.1. The Hall–Kier alpha value is -1.82. The Morgan fingerprint density at radius 2 is 1.90 bits per heavy atom. The molecule has 112 valence electrons. The lowest BCUT2D eigenvalue weighted by molar-refractivity contribution is -0.140. The lowest BCUT2D eigenvalue weighted by Gasteiger charge is -2.10. The van der Waals surface area contributed by atoms with Gasteiger partial charge < -0.3 is 9.47 Å². The molecule has 0 saturated heterocycles. The summed E-state index contributed by atoms with van der Waals surface area (Å²) in [6, 6.07) is 10.4. The van der Waals surface area contributed by atoms with E-state index < -0.39 is 6.61 Å². The fourth-order valence-corrected chi connectivity index (χ4v) is 2.92. The average Bonchev–Trinajstić information content (AvgIpc) is 2.47. The maximum absolute atomic E-state index is 12.4. The number of carbonyl (C=O) groups excluding carboxylic acids is 1. The van der Waals surface area contributed by atoms with Gasteiger partial charge in [-0.05, 0) is 17.5 Å². The molecular weight excluding hydrogens is 298 g/mol. The number of rotatable bonds is 6. The molecule has 21 heavy (non-hydrogen) atoms. The van der Waals surface area contributed by atoms with Crippen LogP contribution in [0.1, 0.15) is 6.42 Å². The summed E-state index contributed by atoms with van der Waals surface area (Å²) in [5.74, 6) is 0.438. The highest BCUT2D eigenvalue weighted by Gasteiger charge is 2.10. The minimum absolute atomic E-state index is 0.151. The Balaban J connectivity index is 2.23. The maximum atomic E-state index is 12.4. The molecular formula is C15H14F2O3S. The van der Waals surface area contributed by atoms with E-state index in [0.717, 1.165) is 10.3 Å². The van der Waals surface area contributed by atoms with Crippen LogP contribution in [0.25, 0.3) is 10.8 Å². The van der Waals surface area contributed by atoms with E-state index in [1.165, 1.54) is 24.9 Å². The third kappa shape index (κ3) is 4.07. The molecule has 0 aliphatic carbocycles. The Kier molecular flexibility index (Phi) is 5.38. The van der Waals surface area contributed by atoms with Crippen molar-refractivity contribution in [2.45, 2.75) is 17.9 Å². The maximum Gasteiger partial charge on any atom is 0.387 e. The molecule has 0 heterocycles. The van der Waals surface area contributed by atoms with Gasteiger partial charge in [0.15, 0.2) is 0 Å². The van der Waals surface area contributed by atoms with Crippen molar-refractivity contribution in [2.75, 3.05) is 12.9 Å². The number of carbonyl (C=O) groups is 1. The van der Waals surface area contributed by atoms with Gasteiger partial charge in [0.05, 0.1) is 13.5 Å². The van der Waals surface area contributed by atoms with Gasteiger partial charge in [0.2, 0.25) is 0 Å². The van der Waals surface area contributed by atoms with Gasteiger partial charge in [0, 0.05) is 16.0 Å². The van der Waals surface area contributed by atoms with E-state index in [9.17, 15) is 13.6 Å². The van der Waals surface area contributed by atoms with Gasteiger partial charge in [-0.3, -0.25) is 4.79 Å². The third-order valence-corrected chi connectivity index (χ3v) is 3.92. The number of methoxy groups -OCH3 is 1. The minimum Gasteiger partial charge on any atom is -0.469 e. The lowest BCUT2D eigenvalue weighted by Crippen LogP contribution is -2.02. The molecule has 0 unspecified atom stereocenters. The van der Waals surface area contributed by atoms with E-state index >= 15 is 0 Å². The minimum atomic E-state index is -2.86. The van der Waals surface area contributed by atoms with Crippen molar-refractivity contribution in [1.29, 1.82) is 0 Å². The first-order valence-electron chi connectivity index (χ1n) is 6.28. The molecule has 0 aliphatic heterocycles. The summed E-state index contributed by atoms with van der Waals surface area (Å²) in [6.45, 7) is -2.86. The molecule has 0 saturated carbocycles. The number of alkyl halides is 2. The Morgan fingerprint density at radius 1 is 1.19 bits per heavy atom. The molecule has 0 N–H and O–H groups in total. The largest absolute Gasteiger partial charge is 0.469 e. The number of thioether (sulfide) groups is 1. The van der Waals surface area contributed by atoms with Crippen molar-refractivity contribution in [3.05, 3.63) is 36.4 Å². The van der Waals surface area contributed by atoms with E-state index in [1.807, 2.05) is 12.1 Å². The van der Waals surface area contributed by atoms with Gasteiger partial charge in [0.1, 0.15) is 5.75 Å². The Morgan fingerprint density at radius 3 is 2.62 bits per heavy atom. The standard InChI is InChI=1S/C15H14F2O3S/c1-19-14(18)8-9-21-13-7-3-4-10-11(13)5-2-6-12(10)20-15(16)17/h2-7,15H,8-9H2,1H3. The van der Waals surface area contributed by atoms with E-state index in [4.69, 9.17) is 0 Å². The van der Waals surface area contributed by atoms with E-state index in [0.29, 0.717) is 17.6 Å². The number of hydrogen-bond donors (Lipinski definition) is 0. The van der Waals surface area contributed by atoms with Crippen LogP contribution in [-0.2, 0) is 9.53 Å². The van der Waals surface area contributed by atoms with Crippen molar-refractivity contribution in [2.24, 2.45) is 0 Å². The fourth-order valence-electron chi connectivity index (χ4n) is 1.92. The van der Waals surface area contributed by atoms with Gasteiger partial charge in [-0.2, -0.15) is 8.78 Å². The van der Waals surface area contributed by atoms with Crippen LogP contribution in [0.15, 0.2) is 41.3 Å². The average molecular weight is 312 g/mol. The summed E-state index contributed by atoms with van der Waals surface area (Å²) in [5.41, 5.74) is 0. The summed E-state index contributed by atoms with van der Waals surface area (Å²) in [4.78, 5) is 12.0. The molecule has 0 radical (unpaired) electrons. The summed E-state index contributed by atoms with van der Waals surface area (Å²) in [7, 11) is 1.35. The quantitative estimate of drug-likeness (QED) is 0.594. The van der Waals surface area contributed by atoms with E-state index in [2.05, 4.69) is 9.47 Å². The van der Waals surface area contributed by atoms with E-state index in [1.54, 1.807) is 18.2 Å². The second kappa shape index (κ2) is 7.26. The number of fused-ring (bicyclic) bond motifs is 1. The highest BCUT2D eigenvalue weighted by atomic mass is 32.2. The van der Waals surface area contributed by atoms with Gasteiger partial charge >= 0.3 is 12.6 Å². The summed E-state index contributed by atoms with van der Waals surface area (Å²) < 4.78 is 33.9. The van der Waals surface area contributed by atoms with Crippen LogP contribution >= 0.6 is 11.8 Å². The molecule has 2 aromatic carbocycles. The number of benzene rings is 2. The lowest BCUT2D eigenvalue weighted by atomic mass is 10.1. The van der Waals surface area contributed by atoms with Crippen molar-refractivity contribution >= 4 is 28.5 Å². The highest BCUT2D eigenvalue weighted by Crippen LogP contribution is 2.33. The van der Waals surface area contributed by atoms with Crippen LogP contribution in [0.4, 0.5) is 8.78 Å². The topological polar surface area (TPSA) is 35.5 Å². The normalized spacial score (nSPS) is 10.9. The molecule has 0 bridgehead atoms. The summed E-state index contributed by atoms with van der Waals surface area (Å²) >= 11 is 1.48. The van der Waals surface area contributed by atoms with Crippen molar-refractivity contribution in [3.8, 4) is 5.75 Å². The predicted molar refractivity (Wildman–Crippen MR) is 77.9 cm³/mol. The second-order valence-electron chi connectivity index (χ2n) is 4.16. The van der Waals surface area contributed by atoms with Gasteiger partial charge in [0.25, 0.3) is 0 Å². The smallest absolute Gasteiger partial charge is 0.387 e. The number of esters is 1. The van der Waals surface area contributed by atoms with Crippen LogP contribution in [0.3, 0.4) is 0 Å². The molecule has 3 nitrogen and oxygen atoms in total. The molecule has 0 fully saturated rings. The third-order valence-electron chi connectivity index (χ3n) is 2.85. The molecule has 0 aliphatic rings. The van der Waals surface area contributed by atoms with Gasteiger partial charge in [-0.15, -0.1) is 11.8 Å². The van der Waals surface area contributed by atoms with Crippen molar-refractivity contribution < 1.29 is 23.0 Å². The van der Waals surface area contributed by atoms with Crippen LogP contribution in [0.5, 0.6) is 5.75 Å². The molecule has 6 heteroatoms. The molecule has 0 amide bonds. The number of ether oxygens (including phenoxy) is 2. The van der Waals surface area contributed by atoms with Crippen molar-refractivity contribution in [1.82, 2.24) is 0 Å². The Labute approximate surface area is 125 Å². The SMILES string of the molecule is COC(=O)CCSc1cccc2c(OC(F)F)cccc12. The van der Waals surface area contributed by atoms with Crippen LogP contribution in [0, 0.1) is 0 Å². The van der Waals surface area contributed by atoms with E-state index in [-0.39, 0.29) is 11.7 Å². The zero-order valence-corrected chi connectivity index (χ0v) is 12.2. The summed E-state index contributed by atoms with van der Waals surface area (Å²) in [5, 5.41) is 1.45. The predicted octanol–water partition coefficient (Wildman–Crippen LogP) is 4.10. The zero-order valence-electron chi connectivity index (χ0n) is 11.3. The molecule has 2 rings (SSSR count). The van der Waals surface area contributed by atoms with Gasteiger partial charge in [-0.25, -0.2) is 0 Å². The molecule has 0 atom stereocenters. The fraction of sp³-hybridized carbons (Fsp3) is 0.267. The number of halogens is 2. The van der Waals surface area contributed by atoms with Gasteiger partial charge in [-0.1, -0.05) is 24.3 Å². The summed E-state index contributed by atoms with van der Waals surface area (Å²) in [6.07, 6.45) is 0.296. The monoisotopic (exact) mass is 312 g/mol. The zero-order chi connectivity index (χ0) is 15.2. The first-order valence-corrected chi connectivity index (χ1v) is 7.26. The Bertz CT molecular complexity index is 631. The van der Waals surface area contributed by atoms with Crippen LogP contribution < -0.4 is 4.74 Å².